The van der Waals surface area contributed by atoms with Crippen molar-refractivity contribution in [3.05, 3.63) is 35.9 Å². The summed E-state index contributed by atoms with van der Waals surface area (Å²) in [5.41, 5.74) is 0.867. The van der Waals surface area contributed by atoms with Crippen LogP contribution in [0.2, 0.25) is 0 Å². The van der Waals surface area contributed by atoms with Gasteiger partial charge >= 0.3 is 0 Å². The molecule has 1 aromatic carbocycles. The van der Waals surface area contributed by atoms with Gasteiger partial charge in [-0.3, -0.25) is 0 Å². The lowest BCUT2D eigenvalue weighted by Gasteiger charge is -2.11. The molecule has 1 aromatic rings. The first-order chi connectivity index (χ1) is 7.18. The van der Waals surface area contributed by atoms with Crippen molar-refractivity contribution in [2.45, 2.75) is 24.0 Å². The monoisotopic (exact) mass is 225 g/mol. The molecular formula is C11H15NO2S. The SMILES string of the molecule is O=S(=O)(Cc1ccccc1)C1CCCN1. The topological polar surface area (TPSA) is 46.2 Å². The first-order valence-electron chi connectivity index (χ1n) is 5.17. The average Bonchev–Trinajstić information content (AvgIpc) is 2.71. The Kier molecular flexibility index (Phi) is 3.07. The molecule has 0 amide bonds. The molecule has 3 nitrogen and oxygen atoms in total. The number of rotatable bonds is 3. The van der Waals surface area contributed by atoms with Crippen LogP contribution in [0.4, 0.5) is 0 Å². The van der Waals surface area contributed by atoms with E-state index >= 15 is 0 Å². The summed E-state index contributed by atoms with van der Waals surface area (Å²) in [6.07, 6.45) is 1.70. The predicted octanol–water partition coefficient (Wildman–Crippen LogP) is 1.31. The van der Waals surface area contributed by atoms with Crippen molar-refractivity contribution in [1.29, 1.82) is 0 Å². The van der Waals surface area contributed by atoms with Crippen LogP contribution in [-0.4, -0.2) is 20.3 Å². The van der Waals surface area contributed by atoms with Gasteiger partial charge in [0.05, 0.1) is 5.75 Å². The Labute approximate surface area is 90.4 Å². The summed E-state index contributed by atoms with van der Waals surface area (Å²) < 4.78 is 23.9. The van der Waals surface area contributed by atoms with Crippen molar-refractivity contribution in [2.75, 3.05) is 6.54 Å². The molecule has 15 heavy (non-hydrogen) atoms. The molecule has 0 aliphatic carbocycles. The van der Waals surface area contributed by atoms with Gasteiger partial charge in [0.25, 0.3) is 0 Å². The third-order valence-corrected chi connectivity index (χ3v) is 4.66. The summed E-state index contributed by atoms with van der Waals surface area (Å²) in [5, 5.41) is 2.69. The summed E-state index contributed by atoms with van der Waals surface area (Å²) in [6, 6.07) is 9.34. The largest absolute Gasteiger partial charge is 0.301 e. The van der Waals surface area contributed by atoms with Gasteiger partial charge in [0.15, 0.2) is 9.84 Å². The highest BCUT2D eigenvalue weighted by Crippen LogP contribution is 2.16. The molecule has 1 aliphatic rings. The zero-order chi connectivity index (χ0) is 10.7. The fraction of sp³-hybridized carbons (Fsp3) is 0.455. The third kappa shape index (κ3) is 2.58. The summed E-state index contributed by atoms with van der Waals surface area (Å²) in [7, 11) is -3.02. The predicted molar refractivity (Wildman–Crippen MR) is 60.1 cm³/mol. The zero-order valence-corrected chi connectivity index (χ0v) is 9.33. The van der Waals surface area contributed by atoms with E-state index in [0.717, 1.165) is 24.9 Å². The smallest absolute Gasteiger partial charge is 0.170 e. The van der Waals surface area contributed by atoms with Gasteiger partial charge in [-0.15, -0.1) is 0 Å². The minimum Gasteiger partial charge on any atom is -0.301 e. The Morgan fingerprint density at radius 1 is 1.27 bits per heavy atom. The minimum atomic E-state index is -3.02. The second kappa shape index (κ2) is 4.33. The number of benzene rings is 1. The Balaban J connectivity index is 2.11. The summed E-state index contributed by atoms with van der Waals surface area (Å²) in [6.45, 7) is 0.818. The van der Waals surface area contributed by atoms with Crippen molar-refractivity contribution in [2.24, 2.45) is 0 Å². The Morgan fingerprint density at radius 3 is 2.60 bits per heavy atom. The lowest BCUT2D eigenvalue weighted by Crippen LogP contribution is -2.31. The molecule has 0 spiro atoms. The quantitative estimate of drug-likeness (QED) is 0.843. The zero-order valence-electron chi connectivity index (χ0n) is 8.52. The minimum absolute atomic E-state index is 0.144. The van der Waals surface area contributed by atoms with E-state index in [1.807, 2.05) is 30.3 Å². The van der Waals surface area contributed by atoms with E-state index in [2.05, 4.69) is 5.32 Å². The second-order valence-electron chi connectivity index (χ2n) is 3.88. The lowest BCUT2D eigenvalue weighted by molar-refractivity contribution is 0.571. The van der Waals surface area contributed by atoms with Gasteiger partial charge in [-0.05, 0) is 24.9 Å². The van der Waals surface area contributed by atoms with Crippen LogP contribution in [0.3, 0.4) is 0 Å². The Hall–Kier alpha value is -0.870. The van der Waals surface area contributed by atoms with Crippen LogP contribution in [0.5, 0.6) is 0 Å². The van der Waals surface area contributed by atoms with E-state index < -0.39 is 9.84 Å². The highest BCUT2D eigenvalue weighted by molar-refractivity contribution is 7.91. The first-order valence-corrected chi connectivity index (χ1v) is 6.89. The normalized spacial score (nSPS) is 21.7. The summed E-state index contributed by atoms with van der Waals surface area (Å²) >= 11 is 0. The molecule has 0 saturated carbocycles. The fourth-order valence-corrected chi connectivity index (χ4v) is 3.62. The number of hydrogen-bond donors (Lipinski definition) is 1. The molecule has 1 saturated heterocycles. The molecule has 0 bridgehead atoms. The van der Waals surface area contributed by atoms with Gasteiger partial charge in [-0.2, -0.15) is 0 Å². The van der Waals surface area contributed by atoms with E-state index in [1.54, 1.807) is 0 Å². The number of hydrogen-bond acceptors (Lipinski definition) is 3. The molecule has 1 heterocycles. The van der Waals surface area contributed by atoms with Crippen molar-refractivity contribution in [3.63, 3.8) is 0 Å². The molecule has 1 aliphatic heterocycles. The van der Waals surface area contributed by atoms with Crippen molar-refractivity contribution < 1.29 is 8.42 Å². The van der Waals surface area contributed by atoms with Crippen LogP contribution in [0.25, 0.3) is 0 Å². The molecule has 1 atom stereocenters. The number of nitrogens with one attached hydrogen (secondary N) is 1. The highest BCUT2D eigenvalue weighted by Gasteiger charge is 2.27. The maximum absolute atomic E-state index is 11.9. The third-order valence-electron chi connectivity index (χ3n) is 2.66. The van der Waals surface area contributed by atoms with Gasteiger partial charge in [0.1, 0.15) is 5.37 Å². The highest BCUT2D eigenvalue weighted by atomic mass is 32.2. The molecule has 2 rings (SSSR count). The molecule has 1 unspecified atom stereocenters. The van der Waals surface area contributed by atoms with Crippen LogP contribution in [-0.2, 0) is 15.6 Å². The second-order valence-corrected chi connectivity index (χ2v) is 6.06. The maximum atomic E-state index is 11.9. The van der Waals surface area contributed by atoms with E-state index in [0.29, 0.717) is 0 Å². The molecule has 1 fully saturated rings. The van der Waals surface area contributed by atoms with Crippen LogP contribution in [0, 0.1) is 0 Å². The van der Waals surface area contributed by atoms with Gasteiger partial charge in [0.2, 0.25) is 0 Å². The molecule has 82 valence electrons. The fourth-order valence-electron chi connectivity index (χ4n) is 1.87. The molecule has 4 heteroatoms. The lowest BCUT2D eigenvalue weighted by atomic mass is 10.2. The van der Waals surface area contributed by atoms with Gasteiger partial charge in [-0.25, -0.2) is 8.42 Å². The van der Waals surface area contributed by atoms with Gasteiger partial charge < -0.3 is 5.32 Å². The van der Waals surface area contributed by atoms with Crippen LogP contribution in [0.15, 0.2) is 30.3 Å². The first kappa shape index (κ1) is 10.6. The maximum Gasteiger partial charge on any atom is 0.170 e. The standard InChI is InChI=1S/C11H15NO2S/c13-15(14,11-7-4-8-12-11)9-10-5-2-1-3-6-10/h1-3,5-6,11-12H,4,7-9H2. The number of sulfone groups is 1. The molecule has 0 radical (unpaired) electrons. The van der Waals surface area contributed by atoms with E-state index in [1.165, 1.54) is 0 Å². The van der Waals surface area contributed by atoms with Crippen LogP contribution in [0.1, 0.15) is 18.4 Å². The van der Waals surface area contributed by atoms with Gasteiger partial charge in [0, 0.05) is 0 Å². The van der Waals surface area contributed by atoms with E-state index in [-0.39, 0.29) is 11.1 Å². The molecular weight excluding hydrogens is 210 g/mol. The Morgan fingerprint density at radius 2 is 2.00 bits per heavy atom. The van der Waals surface area contributed by atoms with Crippen molar-refractivity contribution in [1.82, 2.24) is 5.32 Å². The molecule has 1 N–H and O–H groups in total. The van der Waals surface area contributed by atoms with E-state index in [9.17, 15) is 8.42 Å². The van der Waals surface area contributed by atoms with Crippen molar-refractivity contribution in [3.8, 4) is 0 Å². The van der Waals surface area contributed by atoms with E-state index in [4.69, 9.17) is 0 Å². The Bertz CT molecular complexity index is 407. The van der Waals surface area contributed by atoms with Crippen LogP contribution < -0.4 is 5.32 Å². The molecule has 0 aromatic heterocycles. The summed E-state index contributed by atoms with van der Waals surface area (Å²) in [4.78, 5) is 0. The van der Waals surface area contributed by atoms with Gasteiger partial charge in [-0.1, -0.05) is 30.3 Å². The average molecular weight is 225 g/mol. The van der Waals surface area contributed by atoms with Crippen molar-refractivity contribution >= 4 is 9.84 Å². The van der Waals surface area contributed by atoms with Crippen LogP contribution >= 0.6 is 0 Å². The summed E-state index contributed by atoms with van der Waals surface area (Å²) in [5.74, 6) is 0.144.